The molecule has 0 amide bonds. The van der Waals surface area contributed by atoms with Crippen LogP contribution in [-0.2, 0) is 26.0 Å². The number of halogens is 1. The Morgan fingerprint density at radius 2 is 1.91 bits per heavy atom. The number of aromatic nitrogens is 4. The minimum absolute atomic E-state index is 0.264. The average Bonchev–Trinajstić information content (AvgIpc) is 3.23. The molecule has 7 nitrogen and oxygen atoms in total. The second-order valence-electron chi connectivity index (χ2n) is 8.19. The van der Waals surface area contributed by atoms with Gasteiger partial charge in [-0.05, 0) is 43.2 Å². The largest absolute Gasteiger partial charge is 0.486 e. The fourth-order valence-electron chi connectivity index (χ4n) is 3.98. The van der Waals surface area contributed by atoms with E-state index in [1.165, 1.54) is 5.56 Å². The molecule has 0 aliphatic carbocycles. The summed E-state index contributed by atoms with van der Waals surface area (Å²) in [5.74, 6) is 2.83. The molecule has 0 fully saturated rings. The van der Waals surface area contributed by atoms with Crippen LogP contribution in [0.1, 0.15) is 28.3 Å². The Balaban J connectivity index is 1.39. The first kappa shape index (κ1) is 21.4. The third-order valence-corrected chi connectivity index (χ3v) is 5.86. The highest BCUT2D eigenvalue weighted by atomic mass is 35.5. The Hall–Kier alpha value is -3.42. The van der Waals surface area contributed by atoms with Gasteiger partial charge in [0.25, 0.3) is 0 Å². The molecule has 0 saturated carbocycles. The maximum Gasteiger partial charge on any atom is 0.168 e. The van der Waals surface area contributed by atoms with Crippen LogP contribution in [-0.4, -0.2) is 26.2 Å². The van der Waals surface area contributed by atoms with Gasteiger partial charge in [0.15, 0.2) is 11.6 Å². The molecule has 8 heteroatoms. The summed E-state index contributed by atoms with van der Waals surface area (Å²) in [5, 5.41) is 14.9. The van der Waals surface area contributed by atoms with Gasteiger partial charge in [-0.1, -0.05) is 41.9 Å². The molecule has 3 N–H and O–H groups in total. The first-order valence-electron chi connectivity index (χ1n) is 11.0. The molecular formula is C25H25ClN6O. The monoisotopic (exact) mass is 460 g/mol. The summed E-state index contributed by atoms with van der Waals surface area (Å²) in [6.45, 7) is 2.92. The lowest BCUT2D eigenvalue weighted by molar-refractivity contribution is 0.294. The van der Waals surface area contributed by atoms with E-state index in [4.69, 9.17) is 26.3 Å². The normalized spacial score (nSPS) is 15.2. The van der Waals surface area contributed by atoms with Crippen molar-refractivity contribution in [2.45, 2.75) is 39.0 Å². The summed E-state index contributed by atoms with van der Waals surface area (Å²) in [6, 6.07) is 20.1. The Kier molecular flexibility index (Phi) is 6.24. The standard InChI is InChI=1S/C25H25ClN6O/c1-16-11-23(32-31-16)29-25-21-14-27-19(12-17-5-3-2-4-6-17)13-22(21)28-24(30-25)15-33-20-9-7-18(26)8-10-20/h2-11,19,27H,12-15H2,1H3,(H2,28,29,30,31,32). The van der Waals surface area contributed by atoms with Crippen molar-refractivity contribution in [3.63, 3.8) is 0 Å². The minimum Gasteiger partial charge on any atom is -0.486 e. The number of anilines is 2. The third-order valence-electron chi connectivity index (χ3n) is 5.61. The molecule has 33 heavy (non-hydrogen) atoms. The molecule has 168 valence electrons. The Morgan fingerprint density at radius 3 is 2.67 bits per heavy atom. The van der Waals surface area contributed by atoms with E-state index in [-0.39, 0.29) is 6.61 Å². The number of aromatic amines is 1. The predicted molar refractivity (Wildman–Crippen MR) is 129 cm³/mol. The van der Waals surface area contributed by atoms with Crippen molar-refractivity contribution in [1.29, 1.82) is 0 Å². The topological polar surface area (TPSA) is 87.8 Å². The molecular weight excluding hydrogens is 436 g/mol. The lowest BCUT2D eigenvalue weighted by Gasteiger charge is -2.27. The SMILES string of the molecule is Cc1cc(Nc2nc(COc3ccc(Cl)cc3)nc3c2CNC(Cc2ccccc2)C3)n[nH]1. The molecule has 0 saturated heterocycles. The van der Waals surface area contributed by atoms with Crippen LogP contribution >= 0.6 is 11.6 Å². The molecule has 0 bridgehead atoms. The highest BCUT2D eigenvalue weighted by Crippen LogP contribution is 2.26. The van der Waals surface area contributed by atoms with E-state index in [0.717, 1.165) is 47.2 Å². The number of rotatable bonds is 7. The van der Waals surface area contributed by atoms with Crippen LogP contribution in [0.3, 0.4) is 0 Å². The number of fused-ring (bicyclic) bond motifs is 1. The molecule has 0 radical (unpaired) electrons. The first-order valence-corrected chi connectivity index (χ1v) is 11.3. The van der Waals surface area contributed by atoms with Gasteiger partial charge in [-0.25, -0.2) is 9.97 Å². The van der Waals surface area contributed by atoms with Crippen LogP contribution < -0.4 is 15.4 Å². The zero-order valence-electron chi connectivity index (χ0n) is 18.3. The molecule has 1 aliphatic heterocycles. The van der Waals surface area contributed by atoms with Crippen molar-refractivity contribution >= 4 is 23.2 Å². The molecule has 5 rings (SSSR count). The first-order chi connectivity index (χ1) is 16.1. The lowest BCUT2D eigenvalue weighted by atomic mass is 9.95. The Bertz CT molecular complexity index is 1230. The molecule has 1 atom stereocenters. The van der Waals surface area contributed by atoms with Crippen LogP contribution in [0.2, 0.25) is 5.02 Å². The van der Waals surface area contributed by atoms with E-state index in [9.17, 15) is 0 Å². The van der Waals surface area contributed by atoms with Gasteiger partial charge in [-0.15, -0.1) is 0 Å². The quantitative estimate of drug-likeness (QED) is 0.369. The molecule has 1 unspecified atom stereocenters. The Morgan fingerprint density at radius 1 is 1.09 bits per heavy atom. The van der Waals surface area contributed by atoms with Gasteiger partial charge in [-0.2, -0.15) is 5.10 Å². The van der Waals surface area contributed by atoms with Crippen molar-refractivity contribution in [2.24, 2.45) is 0 Å². The minimum atomic E-state index is 0.264. The van der Waals surface area contributed by atoms with E-state index in [1.807, 2.05) is 31.2 Å². The summed E-state index contributed by atoms with van der Waals surface area (Å²) < 4.78 is 5.92. The van der Waals surface area contributed by atoms with Crippen molar-refractivity contribution in [3.05, 3.63) is 94.0 Å². The summed E-state index contributed by atoms with van der Waals surface area (Å²) in [5.41, 5.74) is 4.39. The number of H-pyrrole nitrogens is 1. The van der Waals surface area contributed by atoms with Crippen molar-refractivity contribution in [3.8, 4) is 5.75 Å². The fourth-order valence-corrected chi connectivity index (χ4v) is 4.11. The number of nitrogens with zero attached hydrogens (tertiary/aromatic N) is 3. The van der Waals surface area contributed by atoms with Crippen molar-refractivity contribution < 1.29 is 4.74 Å². The van der Waals surface area contributed by atoms with Crippen LogP contribution in [0.4, 0.5) is 11.6 Å². The van der Waals surface area contributed by atoms with Gasteiger partial charge in [0, 0.05) is 41.4 Å². The van der Waals surface area contributed by atoms with Crippen molar-refractivity contribution in [1.82, 2.24) is 25.5 Å². The highest BCUT2D eigenvalue weighted by molar-refractivity contribution is 6.30. The van der Waals surface area contributed by atoms with E-state index >= 15 is 0 Å². The highest BCUT2D eigenvalue weighted by Gasteiger charge is 2.24. The van der Waals surface area contributed by atoms with E-state index < -0.39 is 0 Å². The Labute approximate surface area is 197 Å². The van der Waals surface area contributed by atoms with Gasteiger partial charge >= 0.3 is 0 Å². The molecule has 2 aromatic heterocycles. The molecule has 2 aromatic carbocycles. The third kappa shape index (κ3) is 5.32. The molecule has 1 aliphatic rings. The molecule has 3 heterocycles. The zero-order valence-corrected chi connectivity index (χ0v) is 19.1. The van der Waals surface area contributed by atoms with Gasteiger partial charge in [0.2, 0.25) is 0 Å². The molecule has 4 aromatic rings. The van der Waals surface area contributed by atoms with Gasteiger partial charge in [0.05, 0.1) is 5.69 Å². The lowest BCUT2D eigenvalue weighted by Crippen LogP contribution is -2.38. The smallest absolute Gasteiger partial charge is 0.168 e. The number of aryl methyl sites for hydroxylation is 1. The number of hydrogen-bond acceptors (Lipinski definition) is 6. The number of benzene rings is 2. The number of hydrogen-bond donors (Lipinski definition) is 3. The summed E-state index contributed by atoms with van der Waals surface area (Å²) in [6.07, 6.45) is 1.76. The van der Waals surface area contributed by atoms with E-state index in [1.54, 1.807) is 12.1 Å². The van der Waals surface area contributed by atoms with E-state index in [2.05, 4.69) is 45.1 Å². The molecule has 0 spiro atoms. The fraction of sp³-hybridized carbons (Fsp3) is 0.240. The summed E-state index contributed by atoms with van der Waals surface area (Å²) in [4.78, 5) is 9.64. The van der Waals surface area contributed by atoms with Gasteiger partial charge in [-0.3, -0.25) is 5.10 Å². The van der Waals surface area contributed by atoms with E-state index in [0.29, 0.717) is 23.4 Å². The zero-order chi connectivity index (χ0) is 22.6. The van der Waals surface area contributed by atoms with Gasteiger partial charge < -0.3 is 15.4 Å². The van der Waals surface area contributed by atoms with Crippen LogP contribution in [0, 0.1) is 6.92 Å². The van der Waals surface area contributed by atoms with Crippen LogP contribution in [0.15, 0.2) is 60.7 Å². The number of nitrogens with one attached hydrogen (secondary N) is 3. The van der Waals surface area contributed by atoms with Crippen LogP contribution in [0.25, 0.3) is 0 Å². The van der Waals surface area contributed by atoms with Crippen LogP contribution in [0.5, 0.6) is 5.75 Å². The maximum atomic E-state index is 5.98. The second-order valence-corrected chi connectivity index (χ2v) is 8.63. The van der Waals surface area contributed by atoms with Gasteiger partial charge in [0.1, 0.15) is 18.2 Å². The second kappa shape index (κ2) is 9.60. The predicted octanol–water partition coefficient (Wildman–Crippen LogP) is 4.74. The summed E-state index contributed by atoms with van der Waals surface area (Å²) in [7, 11) is 0. The number of ether oxygens (including phenoxy) is 1. The maximum absolute atomic E-state index is 5.98. The average molecular weight is 461 g/mol. The summed E-state index contributed by atoms with van der Waals surface area (Å²) >= 11 is 5.98. The van der Waals surface area contributed by atoms with Crippen molar-refractivity contribution in [2.75, 3.05) is 5.32 Å².